The Morgan fingerprint density at radius 3 is 2.54 bits per heavy atom. The molecule has 0 fully saturated rings. The summed E-state index contributed by atoms with van der Waals surface area (Å²) in [6.07, 6.45) is 1.23. The standard InChI is InChI=1S/C10H12N2O/c11-10(12)9(7-13)6-8-4-2-1-3-5-8/h1-5,7,9H,6H2,(H3,11,12). The summed E-state index contributed by atoms with van der Waals surface area (Å²) in [5.74, 6) is -0.554. The minimum Gasteiger partial charge on any atom is -0.387 e. The molecule has 1 unspecified atom stereocenters. The van der Waals surface area contributed by atoms with Crippen molar-refractivity contribution in [2.24, 2.45) is 11.7 Å². The second-order valence-electron chi connectivity index (χ2n) is 2.89. The van der Waals surface area contributed by atoms with Crippen LogP contribution in [0.2, 0.25) is 0 Å². The van der Waals surface area contributed by atoms with E-state index in [2.05, 4.69) is 0 Å². The van der Waals surface area contributed by atoms with Crippen molar-refractivity contribution in [3.8, 4) is 0 Å². The second-order valence-corrected chi connectivity index (χ2v) is 2.89. The summed E-state index contributed by atoms with van der Waals surface area (Å²) in [6, 6.07) is 9.54. The Balaban J connectivity index is 2.67. The zero-order valence-corrected chi connectivity index (χ0v) is 7.23. The van der Waals surface area contributed by atoms with E-state index in [1.54, 1.807) is 0 Å². The molecule has 0 amide bonds. The van der Waals surface area contributed by atoms with E-state index in [4.69, 9.17) is 11.1 Å². The first kappa shape index (κ1) is 9.45. The lowest BCUT2D eigenvalue weighted by atomic mass is 10.00. The van der Waals surface area contributed by atoms with Crippen LogP contribution in [0, 0.1) is 11.3 Å². The first-order chi connectivity index (χ1) is 6.24. The van der Waals surface area contributed by atoms with Crippen LogP contribution in [0.15, 0.2) is 30.3 Å². The third kappa shape index (κ3) is 2.71. The highest BCUT2D eigenvalue weighted by Crippen LogP contribution is 2.06. The number of hydrogen-bond donors (Lipinski definition) is 2. The molecular formula is C10H12N2O. The lowest BCUT2D eigenvalue weighted by molar-refractivity contribution is -0.109. The van der Waals surface area contributed by atoms with Gasteiger partial charge in [-0.25, -0.2) is 0 Å². The average molecular weight is 176 g/mol. The van der Waals surface area contributed by atoms with Crippen molar-refractivity contribution in [3.63, 3.8) is 0 Å². The Morgan fingerprint density at radius 1 is 1.46 bits per heavy atom. The number of amidine groups is 1. The van der Waals surface area contributed by atoms with Crippen LogP contribution in [0.5, 0.6) is 0 Å². The molecule has 13 heavy (non-hydrogen) atoms. The highest BCUT2D eigenvalue weighted by molar-refractivity contribution is 5.92. The lowest BCUT2D eigenvalue weighted by Crippen LogP contribution is -2.25. The molecule has 0 aromatic heterocycles. The predicted octanol–water partition coefficient (Wildman–Crippen LogP) is 0.980. The molecule has 1 atom stereocenters. The van der Waals surface area contributed by atoms with Crippen LogP contribution in [0.25, 0.3) is 0 Å². The number of rotatable bonds is 4. The normalized spacial score (nSPS) is 12.0. The Labute approximate surface area is 77.1 Å². The van der Waals surface area contributed by atoms with Crippen molar-refractivity contribution >= 4 is 12.1 Å². The van der Waals surface area contributed by atoms with Crippen molar-refractivity contribution in [3.05, 3.63) is 35.9 Å². The number of aldehydes is 1. The van der Waals surface area contributed by atoms with Crippen LogP contribution >= 0.6 is 0 Å². The topological polar surface area (TPSA) is 66.9 Å². The number of carbonyl (C=O) groups is 1. The third-order valence-corrected chi connectivity index (χ3v) is 1.86. The van der Waals surface area contributed by atoms with Gasteiger partial charge in [0.2, 0.25) is 0 Å². The largest absolute Gasteiger partial charge is 0.387 e. The molecule has 1 rings (SSSR count). The van der Waals surface area contributed by atoms with Crippen LogP contribution < -0.4 is 5.73 Å². The summed E-state index contributed by atoms with van der Waals surface area (Å²) < 4.78 is 0. The maximum Gasteiger partial charge on any atom is 0.130 e. The van der Waals surface area contributed by atoms with E-state index >= 15 is 0 Å². The van der Waals surface area contributed by atoms with E-state index in [1.807, 2.05) is 30.3 Å². The summed E-state index contributed by atoms with van der Waals surface area (Å²) in [6.45, 7) is 0. The van der Waals surface area contributed by atoms with Gasteiger partial charge in [0.25, 0.3) is 0 Å². The molecule has 1 aromatic carbocycles. The Hall–Kier alpha value is -1.64. The van der Waals surface area contributed by atoms with Crippen molar-refractivity contribution in [1.82, 2.24) is 0 Å². The van der Waals surface area contributed by atoms with E-state index < -0.39 is 5.92 Å². The summed E-state index contributed by atoms with van der Waals surface area (Å²) in [7, 11) is 0. The second kappa shape index (κ2) is 4.40. The molecule has 0 aliphatic carbocycles. The molecule has 0 aliphatic rings. The van der Waals surface area contributed by atoms with Gasteiger partial charge in [0.15, 0.2) is 0 Å². The molecule has 3 N–H and O–H groups in total. The van der Waals surface area contributed by atoms with Gasteiger partial charge >= 0.3 is 0 Å². The number of benzene rings is 1. The summed E-state index contributed by atoms with van der Waals surface area (Å²) in [5.41, 5.74) is 6.27. The first-order valence-corrected chi connectivity index (χ1v) is 4.07. The number of nitrogens with two attached hydrogens (primary N) is 1. The average Bonchev–Trinajstić information content (AvgIpc) is 2.15. The van der Waals surface area contributed by atoms with Crippen molar-refractivity contribution < 1.29 is 4.79 Å². The molecule has 0 saturated carbocycles. The van der Waals surface area contributed by atoms with Gasteiger partial charge in [-0.05, 0) is 12.0 Å². The molecule has 0 radical (unpaired) electrons. The summed E-state index contributed by atoms with van der Waals surface area (Å²) in [4.78, 5) is 10.5. The van der Waals surface area contributed by atoms with Crippen LogP contribution in [-0.4, -0.2) is 12.1 Å². The van der Waals surface area contributed by atoms with E-state index in [0.29, 0.717) is 6.42 Å². The van der Waals surface area contributed by atoms with Gasteiger partial charge in [0, 0.05) is 0 Å². The van der Waals surface area contributed by atoms with Gasteiger partial charge in [0.05, 0.1) is 5.92 Å². The van der Waals surface area contributed by atoms with Crippen molar-refractivity contribution in [2.75, 3.05) is 0 Å². The molecular weight excluding hydrogens is 164 g/mol. The SMILES string of the molecule is N=C(N)C(C=O)Cc1ccccc1. The maximum atomic E-state index is 10.5. The fourth-order valence-electron chi connectivity index (χ4n) is 1.10. The Bertz CT molecular complexity index is 295. The van der Waals surface area contributed by atoms with E-state index in [9.17, 15) is 4.79 Å². The number of nitrogens with one attached hydrogen (secondary N) is 1. The lowest BCUT2D eigenvalue weighted by Gasteiger charge is -2.07. The fourth-order valence-corrected chi connectivity index (χ4v) is 1.10. The molecule has 0 heterocycles. The molecule has 0 bridgehead atoms. The maximum absolute atomic E-state index is 10.5. The minimum absolute atomic E-state index is 0.0705. The van der Waals surface area contributed by atoms with Crippen molar-refractivity contribution in [2.45, 2.75) is 6.42 Å². The summed E-state index contributed by atoms with van der Waals surface area (Å²) >= 11 is 0. The monoisotopic (exact) mass is 176 g/mol. The van der Waals surface area contributed by atoms with Crippen molar-refractivity contribution in [1.29, 1.82) is 5.41 Å². The van der Waals surface area contributed by atoms with E-state index in [0.717, 1.165) is 11.8 Å². The molecule has 3 heteroatoms. The van der Waals surface area contributed by atoms with Gasteiger partial charge in [-0.3, -0.25) is 5.41 Å². The van der Waals surface area contributed by atoms with Gasteiger partial charge in [-0.15, -0.1) is 0 Å². The molecule has 3 nitrogen and oxygen atoms in total. The van der Waals surface area contributed by atoms with Gasteiger partial charge in [-0.1, -0.05) is 30.3 Å². The van der Waals surface area contributed by atoms with Crippen LogP contribution in [0.4, 0.5) is 0 Å². The first-order valence-electron chi connectivity index (χ1n) is 4.07. The zero-order valence-electron chi connectivity index (χ0n) is 7.23. The minimum atomic E-state index is -0.484. The zero-order chi connectivity index (χ0) is 9.68. The Kier molecular flexibility index (Phi) is 3.20. The van der Waals surface area contributed by atoms with Gasteiger partial charge in [0.1, 0.15) is 12.1 Å². The Morgan fingerprint density at radius 2 is 2.08 bits per heavy atom. The predicted molar refractivity (Wildman–Crippen MR) is 51.6 cm³/mol. The van der Waals surface area contributed by atoms with Crippen LogP contribution in [-0.2, 0) is 11.2 Å². The molecule has 1 aromatic rings. The van der Waals surface area contributed by atoms with Crippen LogP contribution in [0.1, 0.15) is 5.56 Å². The van der Waals surface area contributed by atoms with E-state index in [-0.39, 0.29) is 5.84 Å². The number of hydrogen-bond acceptors (Lipinski definition) is 2. The van der Waals surface area contributed by atoms with E-state index in [1.165, 1.54) is 0 Å². The highest BCUT2D eigenvalue weighted by atomic mass is 16.1. The molecule has 68 valence electrons. The molecule has 0 spiro atoms. The highest BCUT2D eigenvalue weighted by Gasteiger charge is 2.10. The number of carbonyl (C=O) groups excluding carboxylic acids is 1. The quantitative estimate of drug-likeness (QED) is 0.408. The smallest absolute Gasteiger partial charge is 0.130 e. The molecule has 0 saturated heterocycles. The summed E-state index contributed by atoms with van der Waals surface area (Å²) in [5, 5.41) is 7.15. The van der Waals surface area contributed by atoms with Crippen LogP contribution in [0.3, 0.4) is 0 Å². The van der Waals surface area contributed by atoms with Gasteiger partial charge < -0.3 is 10.5 Å². The molecule has 0 aliphatic heterocycles. The fraction of sp³-hybridized carbons (Fsp3) is 0.200. The van der Waals surface area contributed by atoms with Gasteiger partial charge in [-0.2, -0.15) is 0 Å². The third-order valence-electron chi connectivity index (χ3n) is 1.86.